The number of carbonyl (C=O) groups is 1. The van der Waals surface area contributed by atoms with Crippen LogP contribution >= 0.6 is 34.4 Å². The molecule has 0 aliphatic rings. The van der Waals surface area contributed by atoms with E-state index in [1.807, 2.05) is 41.1 Å². The molecule has 0 fully saturated rings. The lowest BCUT2D eigenvalue weighted by molar-refractivity contribution is 0.0982. The molecule has 0 saturated heterocycles. The van der Waals surface area contributed by atoms with Crippen LogP contribution in [0.5, 0.6) is 0 Å². The number of carbonyl (C=O) groups excluding carboxylic acids is 1. The number of nitrogens with zero attached hydrogens (tertiary/aromatic N) is 2. The number of rotatable bonds is 8. The summed E-state index contributed by atoms with van der Waals surface area (Å²) < 4.78 is 13.0. The fourth-order valence-electron chi connectivity index (χ4n) is 3.09. The van der Waals surface area contributed by atoms with Gasteiger partial charge >= 0.3 is 0 Å². The third-order valence-corrected chi connectivity index (χ3v) is 7.47. The number of pyridine rings is 1. The molecule has 0 bridgehead atoms. The SMILES string of the molecule is N#Cc1c(-c2cccs2)cc(-c2cccs2)nc1SCCCC(=O)c1ccc(F)cc1. The molecule has 0 amide bonds. The molecule has 0 N–H and O–H groups in total. The van der Waals surface area contributed by atoms with Gasteiger partial charge in [0.2, 0.25) is 0 Å². The average Bonchev–Trinajstić information content (AvgIpc) is 3.51. The molecule has 0 radical (unpaired) electrons. The molecular weight excluding hydrogens is 447 g/mol. The summed E-state index contributed by atoms with van der Waals surface area (Å²) in [7, 11) is 0. The van der Waals surface area contributed by atoms with E-state index in [9.17, 15) is 14.4 Å². The molecule has 4 aromatic rings. The van der Waals surface area contributed by atoms with Crippen molar-refractivity contribution in [3.8, 4) is 27.1 Å². The third kappa shape index (κ3) is 5.10. The number of ketones is 1. The second-order valence-electron chi connectivity index (χ2n) is 6.68. The Morgan fingerprint density at radius 2 is 1.77 bits per heavy atom. The average molecular weight is 465 g/mol. The molecule has 0 saturated carbocycles. The second kappa shape index (κ2) is 10.0. The van der Waals surface area contributed by atoms with Crippen LogP contribution < -0.4 is 0 Å². The summed E-state index contributed by atoms with van der Waals surface area (Å²) in [6, 6.07) is 17.9. The smallest absolute Gasteiger partial charge is 0.162 e. The van der Waals surface area contributed by atoms with Gasteiger partial charge in [0.15, 0.2) is 5.78 Å². The van der Waals surface area contributed by atoms with Crippen LogP contribution in [0.1, 0.15) is 28.8 Å². The molecule has 3 heterocycles. The van der Waals surface area contributed by atoms with Crippen LogP contribution in [-0.4, -0.2) is 16.5 Å². The van der Waals surface area contributed by atoms with Crippen molar-refractivity contribution in [2.45, 2.75) is 17.9 Å². The predicted molar refractivity (Wildman–Crippen MR) is 126 cm³/mol. The van der Waals surface area contributed by atoms with E-state index in [-0.39, 0.29) is 11.6 Å². The highest BCUT2D eigenvalue weighted by Crippen LogP contribution is 2.37. The first-order valence-electron chi connectivity index (χ1n) is 9.60. The minimum atomic E-state index is -0.352. The van der Waals surface area contributed by atoms with Crippen molar-refractivity contribution < 1.29 is 9.18 Å². The molecule has 0 spiro atoms. The van der Waals surface area contributed by atoms with Gasteiger partial charge in [0.05, 0.1) is 16.1 Å². The van der Waals surface area contributed by atoms with Gasteiger partial charge < -0.3 is 0 Å². The lowest BCUT2D eigenvalue weighted by atomic mass is 10.1. The quantitative estimate of drug-likeness (QED) is 0.156. The van der Waals surface area contributed by atoms with E-state index < -0.39 is 0 Å². The summed E-state index contributed by atoms with van der Waals surface area (Å²) in [6.45, 7) is 0. The Kier molecular flexibility index (Phi) is 6.92. The Balaban J connectivity index is 1.52. The first-order chi connectivity index (χ1) is 15.2. The van der Waals surface area contributed by atoms with Gasteiger partial charge in [-0.15, -0.1) is 34.4 Å². The summed E-state index contributed by atoms with van der Waals surface area (Å²) in [5.41, 5.74) is 2.82. The largest absolute Gasteiger partial charge is 0.294 e. The van der Waals surface area contributed by atoms with Crippen molar-refractivity contribution in [1.82, 2.24) is 4.98 Å². The van der Waals surface area contributed by atoms with Crippen molar-refractivity contribution in [2.75, 3.05) is 5.75 Å². The molecule has 1 aromatic carbocycles. The van der Waals surface area contributed by atoms with Crippen LogP contribution in [0.15, 0.2) is 70.4 Å². The first-order valence-corrected chi connectivity index (χ1v) is 12.3. The molecule has 31 heavy (non-hydrogen) atoms. The number of halogens is 1. The highest BCUT2D eigenvalue weighted by atomic mass is 32.2. The zero-order chi connectivity index (χ0) is 21.6. The number of benzene rings is 1. The summed E-state index contributed by atoms with van der Waals surface area (Å²) in [5.74, 6) is 0.293. The Hall–Kier alpha value is -2.79. The van der Waals surface area contributed by atoms with Crippen molar-refractivity contribution in [3.05, 3.63) is 82.3 Å². The number of hydrogen-bond donors (Lipinski definition) is 0. The van der Waals surface area contributed by atoms with Gasteiger partial charge in [-0.2, -0.15) is 5.26 Å². The van der Waals surface area contributed by atoms with Crippen LogP contribution in [0, 0.1) is 17.1 Å². The number of aromatic nitrogens is 1. The maximum absolute atomic E-state index is 13.0. The van der Waals surface area contributed by atoms with Crippen LogP contribution in [-0.2, 0) is 0 Å². The Morgan fingerprint density at radius 3 is 2.42 bits per heavy atom. The zero-order valence-corrected chi connectivity index (χ0v) is 18.8. The number of hydrogen-bond acceptors (Lipinski definition) is 6. The van der Waals surface area contributed by atoms with Gasteiger partial charge in [0.25, 0.3) is 0 Å². The van der Waals surface area contributed by atoms with Crippen LogP contribution in [0.4, 0.5) is 4.39 Å². The van der Waals surface area contributed by atoms with Crippen LogP contribution in [0.3, 0.4) is 0 Å². The molecule has 0 unspecified atom stereocenters. The van der Waals surface area contributed by atoms with E-state index in [1.54, 1.807) is 22.7 Å². The monoisotopic (exact) mass is 464 g/mol. The topological polar surface area (TPSA) is 53.8 Å². The molecule has 3 nitrogen and oxygen atoms in total. The highest BCUT2D eigenvalue weighted by Gasteiger charge is 2.17. The lowest BCUT2D eigenvalue weighted by Gasteiger charge is -2.10. The molecule has 0 aliphatic heterocycles. The molecular formula is C24H17FN2OS3. The maximum atomic E-state index is 13.0. The van der Waals surface area contributed by atoms with Crippen molar-refractivity contribution >= 4 is 40.2 Å². The van der Waals surface area contributed by atoms with Crippen molar-refractivity contribution in [3.63, 3.8) is 0 Å². The van der Waals surface area contributed by atoms with Crippen LogP contribution in [0.2, 0.25) is 0 Å². The van der Waals surface area contributed by atoms with E-state index in [1.165, 1.54) is 36.0 Å². The number of thioether (sulfide) groups is 1. The number of thiophene rings is 2. The standard InChI is InChI=1S/C24H17FN2OS3/c25-17-9-7-16(8-10-17)21(28)4-1-13-31-24-19(15-26)18(22-5-2-11-29-22)14-20(27-24)23-6-3-12-30-23/h2-3,5-12,14H,1,4,13H2. The van der Waals surface area contributed by atoms with Gasteiger partial charge in [-0.3, -0.25) is 4.79 Å². The Morgan fingerprint density at radius 1 is 1.06 bits per heavy atom. The summed E-state index contributed by atoms with van der Waals surface area (Å²) in [4.78, 5) is 19.2. The van der Waals surface area contributed by atoms with Gasteiger partial charge in [0.1, 0.15) is 16.9 Å². The van der Waals surface area contributed by atoms with Crippen molar-refractivity contribution in [1.29, 1.82) is 5.26 Å². The zero-order valence-electron chi connectivity index (χ0n) is 16.4. The fourth-order valence-corrected chi connectivity index (χ4v) is 5.47. The molecule has 4 rings (SSSR count). The van der Waals surface area contributed by atoms with Gasteiger partial charge in [-0.05, 0) is 65.4 Å². The Labute approximate surface area is 192 Å². The maximum Gasteiger partial charge on any atom is 0.162 e. The van der Waals surface area contributed by atoms with Crippen LogP contribution in [0.25, 0.3) is 21.0 Å². The minimum Gasteiger partial charge on any atom is -0.294 e. The molecule has 7 heteroatoms. The number of Topliss-reactive ketones (excluding diaryl/α,β-unsaturated/α-hetero) is 1. The highest BCUT2D eigenvalue weighted by molar-refractivity contribution is 7.99. The summed E-state index contributed by atoms with van der Waals surface area (Å²) >= 11 is 4.70. The van der Waals surface area contributed by atoms with E-state index >= 15 is 0 Å². The van der Waals surface area contributed by atoms with E-state index in [0.717, 1.165) is 21.0 Å². The van der Waals surface area contributed by atoms with Gasteiger partial charge in [-0.25, -0.2) is 9.37 Å². The first kappa shape index (κ1) is 21.4. The summed E-state index contributed by atoms with van der Waals surface area (Å²) in [5, 5.41) is 14.5. The molecule has 3 aromatic heterocycles. The minimum absolute atomic E-state index is 0.0133. The molecule has 0 aliphatic carbocycles. The Bertz CT molecular complexity index is 1210. The summed E-state index contributed by atoms with van der Waals surface area (Å²) in [6.07, 6.45) is 1.01. The fraction of sp³-hybridized carbons (Fsp3) is 0.125. The second-order valence-corrected chi connectivity index (χ2v) is 9.66. The predicted octanol–water partition coefficient (Wildman–Crippen LogP) is 7.30. The number of nitriles is 1. The third-order valence-electron chi connectivity index (χ3n) is 4.61. The normalized spacial score (nSPS) is 10.7. The van der Waals surface area contributed by atoms with E-state index in [0.29, 0.717) is 34.7 Å². The van der Waals surface area contributed by atoms with E-state index in [2.05, 4.69) is 6.07 Å². The lowest BCUT2D eigenvalue weighted by Crippen LogP contribution is -2.00. The molecule has 154 valence electrons. The van der Waals surface area contributed by atoms with Gasteiger partial charge in [0, 0.05) is 22.4 Å². The molecule has 0 atom stereocenters. The van der Waals surface area contributed by atoms with Crippen molar-refractivity contribution in [2.24, 2.45) is 0 Å². The van der Waals surface area contributed by atoms with Gasteiger partial charge in [-0.1, -0.05) is 12.1 Å². The van der Waals surface area contributed by atoms with E-state index in [4.69, 9.17) is 4.98 Å².